The van der Waals surface area contributed by atoms with Gasteiger partial charge in [-0.05, 0) is 47.6 Å². The van der Waals surface area contributed by atoms with Crippen LogP contribution in [-0.2, 0) is 6.54 Å². The summed E-state index contributed by atoms with van der Waals surface area (Å²) >= 11 is 3.43. The summed E-state index contributed by atoms with van der Waals surface area (Å²) in [5.74, 6) is 1.34. The molecule has 0 saturated heterocycles. The summed E-state index contributed by atoms with van der Waals surface area (Å²) in [6.45, 7) is 5.60. The van der Waals surface area contributed by atoms with Gasteiger partial charge in [0.1, 0.15) is 0 Å². The Bertz CT molecular complexity index is 560. The standard InChI is InChI=1S/C14H16BrN3O/c1-3-16-8-11-7-12(15)9-18-14(11)19-13-5-4-6-17-10(13)2/h4-7,9,16H,3,8H2,1-2H3. The van der Waals surface area contributed by atoms with Gasteiger partial charge in [0.05, 0.1) is 5.69 Å². The largest absolute Gasteiger partial charge is 0.437 e. The lowest BCUT2D eigenvalue weighted by Gasteiger charge is -2.11. The second-order valence-corrected chi connectivity index (χ2v) is 5.00. The summed E-state index contributed by atoms with van der Waals surface area (Å²) < 4.78 is 6.80. The van der Waals surface area contributed by atoms with Crippen LogP contribution in [0, 0.1) is 6.92 Å². The highest BCUT2D eigenvalue weighted by atomic mass is 79.9. The van der Waals surface area contributed by atoms with Crippen LogP contribution in [0.4, 0.5) is 0 Å². The van der Waals surface area contributed by atoms with Crippen molar-refractivity contribution in [3.05, 3.63) is 46.3 Å². The summed E-state index contributed by atoms with van der Waals surface area (Å²) in [5.41, 5.74) is 1.86. The van der Waals surface area contributed by atoms with E-state index in [1.165, 1.54) is 0 Å². The van der Waals surface area contributed by atoms with Gasteiger partial charge in [0.25, 0.3) is 0 Å². The summed E-state index contributed by atoms with van der Waals surface area (Å²) in [5, 5.41) is 3.28. The number of hydrogen-bond acceptors (Lipinski definition) is 4. The fraction of sp³-hybridized carbons (Fsp3) is 0.286. The molecular formula is C14H16BrN3O. The van der Waals surface area contributed by atoms with E-state index in [1.54, 1.807) is 12.4 Å². The molecular weight excluding hydrogens is 306 g/mol. The SMILES string of the molecule is CCNCc1cc(Br)cnc1Oc1cccnc1C. The van der Waals surface area contributed by atoms with E-state index in [0.29, 0.717) is 5.88 Å². The number of aryl methyl sites for hydroxylation is 1. The van der Waals surface area contributed by atoms with Crippen LogP contribution < -0.4 is 10.1 Å². The first kappa shape index (κ1) is 14.0. The highest BCUT2D eigenvalue weighted by molar-refractivity contribution is 9.10. The number of hydrogen-bond donors (Lipinski definition) is 1. The van der Waals surface area contributed by atoms with Crippen molar-refractivity contribution < 1.29 is 4.74 Å². The molecule has 0 amide bonds. The van der Waals surface area contributed by atoms with Gasteiger partial charge < -0.3 is 10.1 Å². The molecule has 2 heterocycles. The fourth-order valence-corrected chi connectivity index (χ4v) is 2.01. The molecule has 19 heavy (non-hydrogen) atoms. The van der Waals surface area contributed by atoms with E-state index in [1.807, 2.05) is 25.1 Å². The highest BCUT2D eigenvalue weighted by Crippen LogP contribution is 2.26. The van der Waals surface area contributed by atoms with E-state index in [0.717, 1.165) is 34.6 Å². The number of pyridine rings is 2. The van der Waals surface area contributed by atoms with E-state index < -0.39 is 0 Å². The molecule has 0 aromatic carbocycles. The van der Waals surface area contributed by atoms with Crippen molar-refractivity contribution in [2.45, 2.75) is 20.4 Å². The van der Waals surface area contributed by atoms with Gasteiger partial charge in [0.2, 0.25) is 5.88 Å². The van der Waals surface area contributed by atoms with Crippen LogP contribution >= 0.6 is 15.9 Å². The average Bonchev–Trinajstić information content (AvgIpc) is 2.41. The first-order chi connectivity index (χ1) is 9.20. The van der Waals surface area contributed by atoms with Crippen molar-refractivity contribution >= 4 is 15.9 Å². The number of rotatable bonds is 5. The predicted molar refractivity (Wildman–Crippen MR) is 78.4 cm³/mol. The first-order valence-corrected chi connectivity index (χ1v) is 6.94. The van der Waals surface area contributed by atoms with Gasteiger partial charge in [-0.2, -0.15) is 0 Å². The van der Waals surface area contributed by atoms with Crippen molar-refractivity contribution in [1.82, 2.24) is 15.3 Å². The second-order valence-electron chi connectivity index (χ2n) is 4.09. The lowest BCUT2D eigenvalue weighted by molar-refractivity contribution is 0.447. The molecule has 2 aromatic heterocycles. The molecule has 0 fully saturated rings. The van der Waals surface area contributed by atoms with Crippen molar-refractivity contribution in [2.24, 2.45) is 0 Å². The van der Waals surface area contributed by atoms with Gasteiger partial charge in [-0.25, -0.2) is 4.98 Å². The first-order valence-electron chi connectivity index (χ1n) is 6.15. The summed E-state index contributed by atoms with van der Waals surface area (Å²) in [6.07, 6.45) is 3.48. The van der Waals surface area contributed by atoms with Crippen LogP contribution in [0.3, 0.4) is 0 Å². The zero-order valence-corrected chi connectivity index (χ0v) is 12.6. The molecule has 0 aliphatic rings. The van der Waals surface area contributed by atoms with Crippen LogP contribution in [0.1, 0.15) is 18.2 Å². The number of nitrogens with zero attached hydrogens (tertiary/aromatic N) is 2. The number of aromatic nitrogens is 2. The molecule has 0 unspecified atom stereocenters. The minimum absolute atomic E-state index is 0.611. The monoisotopic (exact) mass is 321 g/mol. The van der Waals surface area contributed by atoms with Gasteiger partial charge in [0.15, 0.2) is 5.75 Å². The second kappa shape index (κ2) is 6.63. The molecule has 0 bridgehead atoms. The molecule has 5 heteroatoms. The van der Waals surface area contributed by atoms with E-state index in [-0.39, 0.29) is 0 Å². The zero-order valence-electron chi connectivity index (χ0n) is 11.0. The van der Waals surface area contributed by atoms with Gasteiger partial charge >= 0.3 is 0 Å². The molecule has 2 aromatic rings. The van der Waals surface area contributed by atoms with Gasteiger partial charge in [-0.3, -0.25) is 4.98 Å². The minimum Gasteiger partial charge on any atom is -0.437 e. The van der Waals surface area contributed by atoms with Crippen molar-refractivity contribution in [1.29, 1.82) is 0 Å². The Morgan fingerprint density at radius 1 is 1.37 bits per heavy atom. The normalized spacial score (nSPS) is 10.5. The third kappa shape index (κ3) is 3.75. The van der Waals surface area contributed by atoms with Crippen LogP contribution in [0.25, 0.3) is 0 Å². The van der Waals surface area contributed by atoms with E-state index in [2.05, 4.69) is 38.1 Å². The van der Waals surface area contributed by atoms with Gasteiger partial charge in [-0.15, -0.1) is 0 Å². The fourth-order valence-electron chi connectivity index (χ4n) is 1.63. The Hall–Kier alpha value is -1.46. The van der Waals surface area contributed by atoms with E-state index >= 15 is 0 Å². The number of ether oxygens (including phenoxy) is 1. The molecule has 0 saturated carbocycles. The maximum absolute atomic E-state index is 5.86. The molecule has 0 radical (unpaired) electrons. The number of halogens is 1. The molecule has 1 N–H and O–H groups in total. The van der Waals surface area contributed by atoms with Crippen LogP contribution in [0.2, 0.25) is 0 Å². The predicted octanol–water partition coefficient (Wildman–Crippen LogP) is 3.45. The topological polar surface area (TPSA) is 47.0 Å². The third-order valence-electron chi connectivity index (χ3n) is 2.62. The smallest absolute Gasteiger partial charge is 0.223 e. The Kier molecular flexibility index (Phi) is 4.87. The lowest BCUT2D eigenvalue weighted by atomic mass is 10.2. The third-order valence-corrected chi connectivity index (χ3v) is 3.06. The maximum Gasteiger partial charge on any atom is 0.223 e. The molecule has 4 nitrogen and oxygen atoms in total. The lowest BCUT2D eigenvalue weighted by Crippen LogP contribution is -2.13. The van der Waals surface area contributed by atoms with Gasteiger partial charge in [0, 0.05) is 29.0 Å². The summed E-state index contributed by atoms with van der Waals surface area (Å²) in [6, 6.07) is 5.75. The molecule has 0 aliphatic carbocycles. The molecule has 0 spiro atoms. The van der Waals surface area contributed by atoms with Crippen molar-refractivity contribution in [3.8, 4) is 11.6 Å². The quantitative estimate of drug-likeness (QED) is 0.916. The van der Waals surface area contributed by atoms with Crippen LogP contribution in [0.15, 0.2) is 35.1 Å². The van der Waals surface area contributed by atoms with Crippen LogP contribution in [0.5, 0.6) is 11.6 Å². The molecule has 100 valence electrons. The average molecular weight is 322 g/mol. The highest BCUT2D eigenvalue weighted by Gasteiger charge is 2.09. The van der Waals surface area contributed by atoms with Crippen molar-refractivity contribution in [2.75, 3.05) is 6.54 Å². The molecule has 0 aliphatic heterocycles. The van der Waals surface area contributed by atoms with Crippen LogP contribution in [-0.4, -0.2) is 16.5 Å². The minimum atomic E-state index is 0.611. The van der Waals surface area contributed by atoms with E-state index in [4.69, 9.17) is 4.74 Å². The summed E-state index contributed by atoms with van der Waals surface area (Å²) in [7, 11) is 0. The van der Waals surface area contributed by atoms with E-state index in [9.17, 15) is 0 Å². The Morgan fingerprint density at radius 3 is 2.95 bits per heavy atom. The number of nitrogens with one attached hydrogen (secondary N) is 1. The molecule has 0 atom stereocenters. The van der Waals surface area contributed by atoms with Gasteiger partial charge in [-0.1, -0.05) is 6.92 Å². The zero-order chi connectivity index (χ0) is 13.7. The summed E-state index contributed by atoms with van der Waals surface area (Å²) in [4.78, 5) is 8.54. The Balaban J connectivity index is 2.26. The van der Waals surface area contributed by atoms with Crippen molar-refractivity contribution in [3.63, 3.8) is 0 Å². The Labute approximate surface area is 121 Å². The molecule has 2 rings (SSSR count). The Morgan fingerprint density at radius 2 is 2.21 bits per heavy atom. The maximum atomic E-state index is 5.86.